The Labute approximate surface area is 156 Å². The molecule has 4 rings (SSSR count). The lowest BCUT2D eigenvalue weighted by atomic mass is 10.0. The largest absolute Gasteiger partial charge is 0.497 e. The van der Waals surface area contributed by atoms with Crippen LogP contribution in [0.15, 0.2) is 71.4 Å². The van der Waals surface area contributed by atoms with Crippen LogP contribution in [0.3, 0.4) is 0 Å². The molecule has 0 atom stereocenters. The predicted molar refractivity (Wildman–Crippen MR) is 104 cm³/mol. The average molecular weight is 359 g/mol. The van der Waals surface area contributed by atoms with E-state index >= 15 is 0 Å². The third kappa shape index (κ3) is 3.15. The molecule has 5 heteroatoms. The molecule has 0 saturated carbocycles. The number of esters is 1. The number of hydrogen-bond acceptors (Lipinski definition) is 5. The normalized spacial score (nSPS) is 15.0. The maximum Gasteiger partial charge on any atom is 0.363 e. The second-order valence-corrected chi connectivity index (χ2v) is 5.97. The quantitative estimate of drug-likeness (QED) is 0.517. The van der Waals surface area contributed by atoms with E-state index in [0.717, 1.165) is 22.1 Å². The molecule has 0 fully saturated rings. The molecule has 0 amide bonds. The lowest BCUT2D eigenvalue weighted by Crippen LogP contribution is -2.05. The molecule has 0 unspecified atom stereocenters. The van der Waals surface area contributed by atoms with Crippen LogP contribution in [0.25, 0.3) is 16.8 Å². The Morgan fingerprint density at radius 2 is 1.70 bits per heavy atom. The number of hydrogen-bond donors (Lipinski definition) is 0. The first-order chi connectivity index (χ1) is 13.2. The predicted octanol–water partition coefficient (Wildman–Crippen LogP) is 4.20. The summed E-state index contributed by atoms with van der Waals surface area (Å²) in [6.45, 7) is 0. The number of methoxy groups -OCH3 is 2. The second kappa shape index (κ2) is 6.96. The minimum Gasteiger partial charge on any atom is -0.497 e. The van der Waals surface area contributed by atoms with Crippen LogP contribution in [-0.4, -0.2) is 26.1 Å². The van der Waals surface area contributed by atoms with Crippen LogP contribution < -0.4 is 9.47 Å². The van der Waals surface area contributed by atoms with E-state index in [1.807, 2.05) is 36.4 Å². The van der Waals surface area contributed by atoms with E-state index in [9.17, 15) is 4.79 Å². The van der Waals surface area contributed by atoms with Crippen LogP contribution in [-0.2, 0) is 9.53 Å². The first-order valence-electron chi connectivity index (χ1n) is 8.42. The smallest absolute Gasteiger partial charge is 0.363 e. The highest BCUT2D eigenvalue weighted by Crippen LogP contribution is 2.31. The van der Waals surface area contributed by atoms with Crippen LogP contribution in [0.4, 0.5) is 0 Å². The molecular weight excluding hydrogens is 342 g/mol. The van der Waals surface area contributed by atoms with Gasteiger partial charge < -0.3 is 14.2 Å². The summed E-state index contributed by atoms with van der Waals surface area (Å²) >= 11 is 0. The van der Waals surface area contributed by atoms with Crippen molar-refractivity contribution in [1.29, 1.82) is 0 Å². The summed E-state index contributed by atoms with van der Waals surface area (Å²) < 4.78 is 16.0. The number of carbonyl (C=O) groups excluding carboxylic acids is 1. The van der Waals surface area contributed by atoms with E-state index < -0.39 is 5.97 Å². The van der Waals surface area contributed by atoms with Crippen molar-refractivity contribution in [2.24, 2.45) is 4.99 Å². The topological polar surface area (TPSA) is 57.1 Å². The van der Waals surface area contributed by atoms with Crippen LogP contribution in [0.5, 0.6) is 11.5 Å². The third-order valence-electron chi connectivity index (χ3n) is 4.39. The highest BCUT2D eigenvalue weighted by atomic mass is 16.6. The van der Waals surface area contributed by atoms with Gasteiger partial charge in [-0.15, -0.1) is 0 Å². The highest BCUT2D eigenvalue weighted by Gasteiger charge is 2.25. The molecule has 0 aromatic heterocycles. The Morgan fingerprint density at radius 3 is 2.44 bits per heavy atom. The number of aliphatic imine (C=N–C) groups is 1. The van der Waals surface area contributed by atoms with Gasteiger partial charge in [0.05, 0.1) is 14.2 Å². The zero-order valence-corrected chi connectivity index (χ0v) is 14.9. The zero-order valence-electron chi connectivity index (χ0n) is 14.9. The zero-order chi connectivity index (χ0) is 18.8. The molecule has 0 saturated heterocycles. The number of carbonyl (C=O) groups is 1. The molecule has 0 spiro atoms. The van der Waals surface area contributed by atoms with Crippen molar-refractivity contribution in [2.75, 3.05) is 14.2 Å². The van der Waals surface area contributed by atoms with E-state index in [2.05, 4.69) is 4.99 Å². The summed E-state index contributed by atoms with van der Waals surface area (Å²) in [7, 11) is 3.20. The standard InChI is InChI=1S/C22H17NO4/c1-25-16-10-7-15(8-11-16)21-23-19(22(24)27-21)13-18-17-6-4-3-5-14(17)9-12-20(18)26-2/h3-13H,1-2H3/b19-13-. The Morgan fingerprint density at radius 1 is 0.926 bits per heavy atom. The fraction of sp³-hybridized carbons (Fsp3) is 0.0909. The van der Waals surface area contributed by atoms with Gasteiger partial charge >= 0.3 is 5.97 Å². The van der Waals surface area contributed by atoms with Gasteiger partial charge in [-0.1, -0.05) is 30.3 Å². The maximum atomic E-state index is 12.4. The van der Waals surface area contributed by atoms with E-state index in [-0.39, 0.29) is 11.6 Å². The molecule has 1 aliphatic heterocycles. The number of benzene rings is 3. The van der Waals surface area contributed by atoms with Crippen LogP contribution in [0.1, 0.15) is 11.1 Å². The van der Waals surface area contributed by atoms with Gasteiger partial charge in [0.2, 0.25) is 5.90 Å². The maximum absolute atomic E-state index is 12.4. The Kier molecular flexibility index (Phi) is 4.34. The van der Waals surface area contributed by atoms with Crippen molar-refractivity contribution in [3.63, 3.8) is 0 Å². The second-order valence-electron chi connectivity index (χ2n) is 5.97. The van der Waals surface area contributed by atoms with Crippen molar-refractivity contribution in [2.45, 2.75) is 0 Å². The number of fused-ring (bicyclic) bond motifs is 1. The highest BCUT2D eigenvalue weighted by molar-refractivity contribution is 6.13. The van der Waals surface area contributed by atoms with E-state index in [0.29, 0.717) is 11.3 Å². The van der Waals surface area contributed by atoms with Gasteiger partial charge in [-0.2, -0.15) is 0 Å². The van der Waals surface area contributed by atoms with E-state index in [4.69, 9.17) is 14.2 Å². The molecule has 3 aromatic carbocycles. The molecule has 3 aromatic rings. The third-order valence-corrected chi connectivity index (χ3v) is 4.39. The molecule has 5 nitrogen and oxygen atoms in total. The summed E-state index contributed by atoms with van der Waals surface area (Å²) in [5.41, 5.74) is 1.73. The Balaban J connectivity index is 1.78. The minimum absolute atomic E-state index is 0.232. The molecule has 134 valence electrons. The molecular formula is C22H17NO4. The fourth-order valence-electron chi connectivity index (χ4n) is 3.01. The number of ether oxygens (including phenoxy) is 3. The average Bonchev–Trinajstić information content (AvgIpc) is 3.08. The summed E-state index contributed by atoms with van der Waals surface area (Å²) in [6, 6.07) is 19.0. The van der Waals surface area contributed by atoms with Gasteiger partial charge in [0, 0.05) is 11.1 Å². The van der Waals surface area contributed by atoms with Gasteiger partial charge in [0.15, 0.2) is 5.70 Å². The van der Waals surface area contributed by atoms with Gasteiger partial charge in [-0.25, -0.2) is 9.79 Å². The lowest BCUT2D eigenvalue weighted by molar-refractivity contribution is -0.129. The van der Waals surface area contributed by atoms with Gasteiger partial charge in [0.25, 0.3) is 0 Å². The van der Waals surface area contributed by atoms with Crippen molar-refractivity contribution >= 4 is 28.7 Å². The summed E-state index contributed by atoms with van der Waals surface area (Å²) in [5.74, 6) is 1.17. The fourth-order valence-corrected chi connectivity index (χ4v) is 3.01. The van der Waals surface area contributed by atoms with Crippen molar-refractivity contribution in [1.82, 2.24) is 0 Å². The molecule has 0 aliphatic carbocycles. The SMILES string of the molecule is COc1ccc(C2=N/C(=C\c3c(OC)ccc4ccccc34)C(=O)O2)cc1. The molecule has 27 heavy (non-hydrogen) atoms. The van der Waals surface area contributed by atoms with Crippen molar-refractivity contribution < 1.29 is 19.0 Å². The number of nitrogens with zero attached hydrogens (tertiary/aromatic N) is 1. The lowest BCUT2D eigenvalue weighted by Gasteiger charge is -2.08. The molecule has 0 radical (unpaired) electrons. The van der Waals surface area contributed by atoms with Crippen LogP contribution >= 0.6 is 0 Å². The summed E-state index contributed by atoms with van der Waals surface area (Å²) in [4.78, 5) is 16.7. The Bertz CT molecular complexity index is 1080. The van der Waals surface area contributed by atoms with Gasteiger partial charge in [-0.3, -0.25) is 0 Å². The summed E-state index contributed by atoms with van der Waals surface area (Å²) in [6.07, 6.45) is 1.71. The van der Waals surface area contributed by atoms with Crippen molar-refractivity contribution in [3.8, 4) is 11.5 Å². The molecule has 1 heterocycles. The number of rotatable bonds is 4. The number of cyclic esters (lactones) is 1. The van der Waals surface area contributed by atoms with E-state index in [1.54, 1.807) is 44.6 Å². The van der Waals surface area contributed by atoms with Crippen molar-refractivity contribution in [3.05, 3.63) is 77.5 Å². The molecule has 0 bridgehead atoms. The van der Waals surface area contributed by atoms with E-state index in [1.165, 1.54) is 0 Å². The van der Waals surface area contributed by atoms with Gasteiger partial charge in [-0.05, 0) is 47.2 Å². The van der Waals surface area contributed by atoms with Crippen LogP contribution in [0, 0.1) is 0 Å². The monoisotopic (exact) mass is 359 g/mol. The minimum atomic E-state index is -0.490. The molecule has 1 aliphatic rings. The summed E-state index contributed by atoms with van der Waals surface area (Å²) in [5, 5.41) is 2.03. The first-order valence-corrected chi connectivity index (χ1v) is 8.42. The van der Waals surface area contributed by atoms with Crippen LogP contribution in [0.2, 0.25) is 0 Å². The molecule has 0 N–H and O–H groups in total. The first kappa shape index (κ1) is 16.8. The Hall–Kier alpha value is -3.60. The van der Waals surface area contributed by atoms with Gasteiger partial charge in [0.1, 0.15) is 11.5 Å².